The maximum Gasteiger partial charge on any atom is -0.0771 e. The van der Waals surface area contributed by atoms with Crippen LogP contribution in [0, 0.1) is 6.08 Å². The van der Waals surface area contributed by atoms with Gasteiger partial charge in [0.25, 0.3) is 0 Å². The van der Waals surface area contributed by atoms with Gasteiger partial charge in [0.1, 0.15) is 0 Å². The van der Waals surface area contributed by atoms with Crippen LogP contribution in [-0.4, -0.2) is 3.21 Å². The van der Waals surface area contributed by atoms with Crippen molar-refractivity contribution < 1.29 is 49.0 Å². The fourth-order valence-corrected chi connectivity index (χ4v) is 6.15. The molecule has 0 fully saturated rings. The minimum Gasteiger partial charge on any atom is -0.126 e. The van der Waals surface area contributed by atoms with Gasteiger partial charge in [-0.25, -0.2) is 12.2 Å². The van der Waals surface area contributed by atoms with Crippen LogP contribution in [0.4, 0.5) is 0 Å². The van der Waals surface area contributed by atoms with Gasteiger partial charge < -0.3 is 24.8 Å². The second-order valence-electron chi connectivity index (χ2n) is 10.6. The van der Waals surface area contributed by atoms with Crippen LogP contribution in [0.1, 0.15) is 17.5 Å². The molecule has 46 heavy (non-hydrogen) atoms. The van der Waals surface area contributed by atoms with E-state index in [4.69, 9.17) is 0 Å². The average Bonchev–Trinajstić information content (AvgIpc) is 3.82. The molecule has 0 aliphatic heterocycles. The Bertz CT molecular complexity index is 1870. The van der Waals surface area contributed by atoms with Gasteiger partial charge in [0.05, 0.1) is 0 Å². The Morgan fingerprint density at radius 1 is 0.478 bits per heavy atom. The molecule has 0 saturated heterocycles. The Hall–Kier alpha value is -4.00. The van der Waals surface area contributed by atoms with Crippen LogP contribution in [0.15, 0.2) is 182 Å². The van der Waals surface area contributed by atoms with E-state index in [2.05, 4.69) is 176 Å². The zero-order chi connectivity index (χ0) is 30.0. The van der Waals surface area contributed by atoms with Crippen molar-refractivity contribution in [2.24, 2.45) is 0 Å². The molecule has 1 aliphatic rings. The molecular weight excluding hydrogens is 679 g/mol. The van der Waals surface area contributed by atoms with Gasteiger partial charge in [-0.15, -0.1) is 46.2 Å². The molecule has 0 amide bonds. The Balaban J connectivity index is 0.000000199. The largest absolute Gasteiger partial charge is 0.126 e. The van der Waals surface area contributed by atoms with Gasteiger partial charge >= 0.3 is 170 Å². The normalized spacial score (nSPS) is 11.0. The summed E-state index contributed by atoms with van der Waals surface area (Å²) in [6, 6.07) is 58.1. The fraction of sp³-hybridized carbons (Fsp3) is 0.0233. The molecule has 0 aromatic heterocycles. The first-order valence-electron chi connectivity index (χ1n) is 14.9. The second-order valence-corrected chi connectivity index (χ2v) is 11.8. The first-order valence-corrected chi connectivity index (χ1v) is 16.1. The Labute approximate surface area is 299 Å². The van der Waals surface area contributed by atoms with Crippen molar-refractivity contribution in [3.05, 3.63) is 199 Å². The molecule has 8 rings (SSSR count). The van der Waals surface area contributed by atoms with Crippen molar-refractivity contribution in [3.63, 3.8) is 0 Å². The minimum atomic E-state index is 0. The van der Waals surface area contributed by atoms with Crippen molar-refractivity contribution >= 4 is 24.8 Å². The second kappa shape index (κ2) is 17.6. The van der Waals surface area contributed by atoms with E-state index in [9.17, 15) is 0 Å². The Kier molecular flexibility index (Phi) is 13.4. The predicted molar refractivity (Wildman–Crippen MR) is 186 cm³/mol. The summed E-state index contributed by atoms with van der Waals surface area (Å²) in [5.41, 5.74) is 7.65. The summed E-state index contributed by atoms with van der Waals surface area (Å²) in [5.74, 6) is 0. The third-order valence-electron chi connectivity index (χ3n) is 7.67. The van der Waals surface area contributed by atoms with E-state index in [1.165, 1.54) is 82.4 Å². The Morgan fingerprint density at radius 3 is 1.24 bits per heavy atom. The van der Waals surface area contributed by atoms with Crippen LogP contribution in [0.25, 0.3) is 43.8 Å². The van der Waals surface area contributed by atoms with E-state index in [0.717, 1.165) is 6.42 Å². The van der Waals surface area contributed by atoms with Crippen LogP contribution in [0.3, 0.4) is 0 Å². The summed E-state index contributed by atoms with van der Waals surface area (Å²) in [4.78, 5) is 0. The van der Waals surface area contributed by atoms with Gasteiger partial charge in [-0.2, -0.15) is 6.08 Å². The number of allylic oxidation sites excluding steroid dienone is 4. The van der Waals surface area contributed by atoms with Crippen LogP contribution in [-0.2, 0) is 24.2 Å². The predicted octanol–water partition coefficient (Wildman–Crippen LogP) is 5.16. The number of rotatable bonds is 4. The first-order chi connectivity index (χ1) is 21.8. The van der Waals surface area contributed by atoms with Gasteiger partial charge in [-0.1, -0.05) is 36.4 Å². The van der Waals surface area contributed by atoms with Gasteiger partial charge in [-0.05, 0) is 0 Å². The van der Waals surface area contributed by atoms with Crippen molar-refractivity contribution in [2.45, 2.75) is 6.42 Å². The SMILES string of the molecule is [C-]1=CC=CC1.[Cl-].[Cl-].[Zr+2]=[C](c1ccc(-c2ccccc2)cc1)c1ccc(-c2ccccc2)cc1.c1ccc2c(c1)[cH-]c1ccccc12. The van der Waals surface area contributed by atoms with Crippen LogP contribution in [0.2, 0.25) is 0 Å². The molecule has 224 valence electrons. The molecule has 0 N–H and O–H groups in total. The number of fused-ring (bicyclic) bond motifs is 3. The number of hydrogen-bond acceptors (Lipinski definition) is 0. The molecule has 0 atom stereocenters. The summed E-state index contributed by atoms with van der Waals surface area (Å²) in [7, 11) is 0. The standard InChI is InChI=1S/C25H18.C13H9.C5H5.2ClH.Zr/c1-3-7-22(8-4-1)24-15-11-20(12-16-24)19-21-13-17-25(18-14-21)23-9-5-2-6-10-23;1-3-7-12-10(5-1)9-11-6-2-4-8-13(11)12;1-2-4-5-3-1;;;/h1-18H;1-9H;1-3H,4H2;2*1H;/q;2*-1;;;+2/p-2. The molecule has 7 aromatic rings. The maximum absolute atomic E-state index is 2.99. The monoisotopic (exact) mass is 708 g/mol. The smallest absolute Gasteiger partial charge is 0.0771 e. The summed E-state index contributed by atoms with van der Waals surface area (Å²) in [6.45, 7) is 0. The van der Waals surface area contributed by atoms with Crippen molar-refractivity contribution in [1.29, 1.82) is 0 Å². The van der Waals surface area contributed by atoms with Gasteiger partial charge in [-0.3, -0.25) is 6.08 Å². The maximum atomic E-state index is 2.99. The number of hydrogen-bond donors (Lipinski definition) is 0. The third kappa shape index (κ3) is 8.83. The number of benzene rings is 6. The van der Waals surface area contributed by atoms with Crippen molar-refractivity contribution in [1.82, 2.24) is 0 Å². The van der Waals surface area contributed by atoms with Crippen LogP contribution in [0.5, 0.6) is 0 Å². The molecule has 3 heteroatoms. The molecule has 0 radical (unpaired) electrons. The van der Waals surface area contributed by atoms with Gasteiger partial charge in [0.2, 0.25) is 0 Å². The summed E-state index contributed by atoms with van der Waals surface area (Å²) in [5, 5.41) is 5.39. The van der Waals surface area contributed by atoms with Crippen molar-refractivity contribution in [2.75, 3.05) is 0 Å². The molecule has 0 unspecified atom stereocenters. The molecule has 0 saturated carbocycles. The third-order valence-corrected chi connectivity index (χ3v) is 9.09. The van der Waals surface area contributed by atoms with Crippen molar-refractivity contribution in [3.8, 4) is 22.3 Å². The van der Waals surface area contributed by atoms with E-state index >= 15 is 0 Å². The zero-order valence-corrected chi connectivity index (χ0v) is 29.3. The Morgan fingerprint density at radius 2 is 0.870 bits per heavy atom. The van der Waals surface area contributed by atoms with E-state index < -0.39 is 0 Å². The molecular formula is C43H32Cl2Zr-2. The quantitative estimate of drug-likeness (QED) is 0.222. The molecule has 0 heterocycles. The summed E-state index contributed by atoms with van der Waals surface area (Å²) < 4.78 is 1.39. The van der Waals surface area contributed by atoms with E-state index in [0.29, 0.717) is 0 Å². The average molecular weight is 711 g/mol. The summed E-state index contributed by atoms with van der Waals surface area (Å²) >= 11 is 1.43. The van der Waals surface area contributed by atoms with Gasteiger partial charge in [0, 0.05) is 0 Å². The molecule has 7 aromatic carbocycles. The van der Waals surface area contributed by atoms with E-state index in [1.54, 1.807) is 0 Å². The fourth-order valence-electron chi connectivity index (χ4n) is 5.33. The minimum absolute atomic E-state index is 0. The molecule has 1 aliphatic carbocycles. The number of halogens is 2. The topological polar surface area (TPSA) is 0 Å². The van der Waals surface area contributed by atoms with E-state index in [-0.39, 0.29) is 24.8 Å². The van der Waals surface area contributed by atoms with Gasteiger partial charge in [0.15, 0.2) is 0 Å². The summed E-state index contributed by atoms with van der Waals surface area (Å²) in [6.07, 6.45) is 10.0. The zero-order valence-electron chi connectivity index (χ0n) is 25.3. The van der Waals surface area contributed by atoms with E-state index in [1.807, 2.05) is 12.2 Å². The van der Waals surface area contributed by atoms with Crippen LogP contribution < -0.4 is 24.8 Å². The van der Waals surface area contributed by atoms with Crippen LogP contribution >= 0.6 is 0 Å². The first kappa shape index (κ1) is 34.9. The molecule has 0 bridgehead atoms. The molecule has 0 spiro atoms. The molecule has 0 nitrogen and oxygen atoms in total.